The number of hydrogen-bond acceptors (Lipinski definition) is 3. The average Bonchev–Trinajstić information content (AvgIpc) is 2.70. The molecule has 0 spiro atoms. The van der Waals surface area contributed by atoms with E-state index in [9.17, 15) is 5.11 Å². The first-order valence-corrected chi connectivity index (χ1v) is 5.90. The minimum absolute atomic E-state index is 0.185. The van der Waals surface area contributed by atoms with E-state index in [0.717, 1.165) is 16.5 Å². The van der Waals surface area contributed by atoms with Crippen LogP contribution in [0.5, 0.6) is 0 Å². The van der Waals surface area contributed by atoms with Crippen molar-refractivity contribution in [2.24, 2.45) is 0 Å². The molecule has 1 aromatic carbocycles. The molecule has 3 rings (SSSR count). The van der Waals surface area contributed by atoms with Crippen molar-refractivity contribution >= 4 is 10.9 Å². The number of hydrogen-bond donors (Lipinski definition) is 1. The number of aromatic nitrogens is 1. The van der Waals surface area contributed by atoms with Crippen molar-refractivity contribution in [1.29, 1.82) is 0 Å². The van der Waals surface area contributed by atoms with E-state index in [1.54, 1.807) is 6.20 Å². The van der Waals surface area contributed by atoms with Gasteiger partial charge in [0.25, 0.3) is 0 Å². The smallest absolute Gasteiger partial charge is 0.120 e. The first-order chi connectivity index (χ1) is 8.22. The fourth-order valence-corrected chi connectivity index (χ4v) is 2.54. The molecule has 17 heavy (non-hydrogen) atoms. The van der Waals surface area contributed by atoms with Gasteiger partial charge in [-0.1, -0.05) is 24.3 Å². The Hall–Kier alpha value is -1.45. The Balaban J connectivity index is 2.24. The van der Waals surface area contributed by atoms with Crippen molar-refractivity contribution in [3.63, 3.8) is 0 Å². The highest BCUT2D eigenvalue weighted by Gasteiger charge is 2.42. The zero-order chi connectivity index (χ0) is 11.9. The molecule has 88 valence electrons. The van der Waals surface area contributed by atoms with Crippen molar-refractivity contribution < 1.29 is 9.84 Å². The standard InChI is InChI=1S/C14H15NO2/c1-10-14(16,7-9-17-10)12-6-2-4-11-5-3-8-15-13(11)12/h2-6,8,10,16H,7,9H2,1H3. The van der Waals surface area contributed by atoms with Crippen molar-refractivity contribution in [3.05, 3.63) is 42.1 Å². The SMILES string of the molecule is CC1OCCC1(O)c1cccc2cccnc12. The molecule has 2 aromatic rings. The third-order valence-electron chi connectivity index (χ3n) is 3.62. The van der Waals surface area contributed by atoms with Gasteiger partial charge in [0.05, 0.1) is 18.2 Å². The Morgan fingerprint density at radius 3 is 2.94 bits per heavy atom. The summed E-state index contributed by atoms with van der Waals surface area (Å²) in [6.07, 6.45) is 2.20. The normalized spacial score (nSPS) is 28.7. The second-order valence-corrected chi connectivity index (χ2v) is 4.57. The van der Waals surface area contributed by atoms with Crippen molar-refractivity contribution in [3.8, 4) is 0 Å². The molecule has 1 aromatic heterocycles. The molecule has 2 unspecified atom stereocenters. The molecule has 2 atom stereocenters. The summed E-state index contributed by atoms with van der Waals surface area (Å²) in [7, 11) is 0. The van der Waals surface area contributed by atoms with Crippen LogP contribution in [0, 0.1) is 0 Å². The largest absolute Gasteiger partial charge is 0.382 e. The van der Waals surface area contributed by atoms with Crippen LogP contribution in [0.2, 0.25) is 0 Å². The van der Waals surface area contributed by atoms with Crippen LogP contribution in [-0.2, 0) is 10.3 Å². The highest BCUT2D eigenvalue weighted by Crippen LogP contribution is 2.38. The summed E-state index contributed by atoms with van der Waals surface area (Å²) in [5, 5.41) is 11.8. The highest BCUT2D eigenvalue weighted by atomic mass is 16.5. The molecule has 0 bridgehead atoms. The average molecular weight is 229 g/mol. The summed E-state index contributed by atoms with van der Waals surface area (Å²) in [6.45, 7) is 2.51. The lowest BCUT2D eigenvalue weighted by atomic mass is 9.86. The predicted octanol–water partition coefficient (Wildman–Crippen LogP) is 2.23. The maximum absolute atomic E-state index is 10.8. The summed E-state index contributed by atoms with van der Waals surface area (Å²) in [4.78, 5) is 4.39. The van der Waals surface area contributed by atoms with E-state index in [1.807, 2.05) is 37.3 Å². The molecule has 3 nitrogen and oxygen atoms in total. The first kappa shape index (κ1) is 10.7. The maximum atomic E-state index is 10.8. The van der Waals surface area contributed by atoms with Gasteiger partial charge in [0.1, 0.15) is 5.60 Å². The van der Waals surface area contributed by atoms with E-state index in [4.69, 9.17) is 4.74 Å². The predicted molar refractivity (Wildman–Crippen MR) is 65.7 cm³/mol. The number of aliphatic hydroxyl groups is 1. The lowest BCUT2D eigenvalue weighted by Crippen LogP contribution is -2.33. The maximum Gasteiger partial charge on any atom is 0.120 e. The molecular formula is C14H15NO2. The van der Waals surface area contributed by atoms with Crippen LogP contribution in [0.25, 0.3) is 10.9 Å². The van der Waals surface area contributed by atoms with Gasteiger partial charge in [-0.15, -0.1) is 0 Å². The summed E-state index contributed by atoms with van der Waals surface area (Å²) in [5.41, 5.74) is 0.837. The molecule has 3 heteroatoms. The summed E-state index contributed by atoms with van der Waals surface area (Å²) < 4.78 is 5.49. The van der Waals surface area contributed by atoms with Gasteiger partial charge >= 0.3 is 0 Å². The molecule has 0 amide bonds. The van der Waals surface area contributed by atoms with E-state index in [1.165, 1.54) is 0 Å². The van der Waals surface area contributed by atoms with Crippen LogP contribution < -0.4 is 0 Å². The quantitative estimate of drug-likeness (QED) is 0.815. The number of para-hydroxylation sites is 1. The van der Waals surface area contributed by atoms with Crippen LogP contribution in [0.3, 0.4) is 0 Å². The van der Waals surface area contributed by atoms with E-state index >= 15 is 0 Å². The number of nitrogens with zero attached hydrogens (tertiary/aromatic N) is 1. The minimum Gasteiger partial charge on any atom is -0.382 e. The summed E-state index contributed by atoms with van der Waals surface area (Å²) in [5.74, 6) is 0. The van der Waals surface area contributed by atoms with Crippen LogP contribution in [0.1, 0.15) is 18.9 Å². The molecule has 0 radical (unpaired) electrons. The molecule has 1 saturated heterocycles. The topological polar surface area (TPSA) is 42.4 Å². The molecule has 0 saturated carbocycles. The number of ether oxygens (including phenoxy) is 1. The van der Waals surface area contributed by atoms with Gasteiger partial charge in [-0.25, -0.2) is 0 Å². The van der Waals surface area contributed by atoms with E-state index < -0.39 is 5.60 Å². The van der Waals surface area contributed by atoms with Gasteiger partial charge in [-0.3, -0.25) is 4.98 Å². The first-order valence-electron chi connectivity index (χ1n) is 5.90. The van der Waals surface area contributed by atoms with Gasteiger partial charge in [-0.2, -0.15) is 0 Å². The fourth-order valence-electron chi connectivity index (χ4n) is 2.54. The highest BCUT2D eigenvalue weighted by molar-refractivity contribution is 5.82. The zero-order valence-electron chi connectivity index (χ0n) is 9.76. The number of pyridine rings is 1. The Kier molecular flexibility index (Phi) is 2.38. The molecule has 1 fully saturated rings. The molecular weight excluding hydrogens is 214 g/mol. The Bertz CT molecular complexity index is 549. The third kappa shape index (κ3) is 1.54. The molecule has 2 heterocycles. The molecule has 0 aliphatic carbocycles. The molecule has 1 aliphatic rings. The van der Waals surface area contributed by atoms with Gasteiger partial charge in [0, 0.05) is 23.6 Å². The number of fused-ring (bicyclic) bond motifs is 1. The van der Waals surface area contributed by atoms with E-state index in [2.05, 4.69) is 4.98 Å². The van der Waals surface area contributed by atoms with Gasteiger partial charge in [0.15, 0.2) is 0 Å². The Morgan fingerprint density at radius 2 is 2.18 bits per heavy atom. The fraction of sp³-hybridized carbons (Fsp3) is 0.357. The Morgan fingerprint density at radius 1 is 1.35 bits per heavy atom. The number of rotatable bonds is 1. The zero-order valence-corrected chi connectivity index (χ0v) is 9.76. The van der Waals surface area contributed by atoms with Crippen LogP contribution in [0.15, 0.2) is 36.5 Å². The van der Waals surface area contributed by atoms with Crippen molar-refractivity contribution in [2.45, 2.75) is 25.0 Å². The lowest BCUT2D eigenvalue weighted by Gasteiger charge is -2.27. The van der Waals surface area contributed by atoms with E-state index in [0.29, 0.717) is 13.0 Å². The van der Waals surface area contributed by atoms with Crippen LogP contribution in [0.4, 0.5) is 0 Å². The number of benzene rings is 1. The minimum atomic E-state index is -0.909. The van der Waals surface area contributed by atoms with Crippen LogP contribution in [-0.4, -0.2) is 22.8 Å². The lowest BCUT2D eigenvalue weighted by molar-refractivity contribution is -0.0307. The summed E-state index contributed by atoms with van der Waals surface area (Å²) in [6, 6.07) is 9.83. The van der Waals surface area contributed by atoms with Crippen molar-refractivity contribution in [1.82, 2.24) is 4.98 Å². The molecule has 1 N–H and O–H groups in total. The van der Waals surface area contributed by atoms with Crippen molar-refractivity contribution in [2.75, 3.05) is 6.61 Å². The molecule has 1 aliphatic heterocycles. The second-order valence-electron chi connectivity index (χ2n) is 4.57. The second kappa shape index (κ2) is 3.79. The monoisotopic (exact) mass is 229 g/mol. The van der Waals surface area contributed by atoms with E-state index in [-0.39, 0.29) is 6.10 Å². The van der Waals surface area contributed by atoms with Gasteiger partial charge in [-0.05, 0) is 13.0 Å². The Labute approximate surface area is 100 Å². The summed E-state index contributed by atoms with van der Waals surface area (Å²) >= 11 is 0. The van der Waals surface area contributed by atoms with Gasteiger partial charge < -0.3 is 9.84 Å². The van der Waals surface area contributed by atoms with Crippen LogP contribution >= 0.6 is 0 Å². The third-order valence-corrected chi connectivity index (χ3v) is 3.62. The van der Waals surface area contributed by atoms with Gasteiger partial charge in [0.2, 0.25) is 0 Å².